The van der Waals surface area contributed by atoms with Crippen LogP contribution in [0.25, 0.3) is 0 Å². The molecular weight excluding hydrogens is 361 g/mol. The van der Waals surface area contributed by atoms with Crippen molar-refractivity contribution >= 4 is 11.6 Å². The van der Waals surface area contributed by atoms with Gasteiger partial charge in [0.05, 0.1) is 13.5 Å². The molecule has 0 aromatic heterocycles. The van der Waals surface area contributed by atoms with Gasteiger partial charge in [-0.2, -0.15) is 23.3 Å². The van der Waals surface area contributed by atoms with Crippen LogP contribution in [0.4, 0.5) is 13.2 Å². The van der Waals surface area contributed by atoms with Crippen LogP contribution in [0.2, 0.25) is 0 Å². The van der Waals surface area contributed by atoms with Crippen molar-refractivity contribution in [1.29, 1.82) is 0 Å². The fourth-order valence-electron chi connectivity index (χ4n) is 2.90. The average Bonchev–Trinajstić information content (AvgIpc) is 3.00. The molecule has 3 rings (SSSR count). The second-order valence-corrected chi connectivity index (χ2v) is 6.25. The quantitative estimate of drug-likeness (QED) is 0.888. The Morgan fingerprint density at radius 1 is 1.22 bits per heavy atom. The van der Waals surface area contributed by atoms with E-state index >= 15 is 0 Å². The predicted molar refractivity (Wildman–Crippen MR) is 92.3 cm³/mol. The van der Waals surface area contributed by atoms with Gasteiger partial charge >= 0.3 is 6.18 Å². The number of benzene rings is 2. The van der Waals surface area contributed by atoms with Gasteiger partial charge in [-0.05, 0) is 31.2 Å². The third-order valence-corrected chi connectivity index (χ3v) is 4.32. The number of rotatable bonds is 3. The zero-order chi connectivity index (χ0) is 19.8. The molecule has 0 unspecified atom stereocenters. The van der Waals surface area contributed by atoms with E-state index < -0.39 is 29.9 Å². The molecule has 27 heavy (non-hydrogen) atoms. The lowest BCUT2D eigenvalue weighted by Gasteiger charge is -2.31. The van der Waals surface area contributed by atoms with Crippen LogP contribution in [0.5, 0.6) is 5.75 Å². The van der Waals surface area contributed by atoms with Crippen LogP contribution in [0, 0.1) is 6.92 Å². The van der Waals surface area contributed by atoms with Crippen molar-refractivity contribution in [3.63, 3.8) is 0 Å². The SMILES string of the molecule is COc1ccc([C@]2(O)CC(C(F)(F)F)=NN2C(=O)c2cccc(C)c2)cc1. The summed E-state index contributed by atoms with van der Waals surface area (Å²) in [6.45, 7) is 1.75. The van der Waals surface area contributed by atoms with Gasteiger partial charge in [0, 0.05) is 11.1 Å². The van der Waals surface area contributed by atoms with E-state index in [0.29, 0.717) is 10.8 Å². The number of alkyl halides is 3. The highest BCUT2D eigenvalue weighted by Crippen LogP contribution is 2.40. The lowest BCUT2D eigenvalue weighted by molar-refractivity contribution is -0.0816. The topological polar surface area (TPSA) is 62.1 Å². The minimum atomic E-state index is -4.76. The maximum Gasteiger partial charge on any atom is 0.431 e. The third-order valence-electron chi connectivity index (χ3n) is 4.32. The summed E-state index contributed by atoms with van der Waals surface area (Å²) >= 11 is 0. The summed E-state index contributed by atoms with van der Waals surface area (Å²) < 4.78 is 44.8. The van der Waals surface area contributed by atoms with Gasteiger partial charge in [0.2, 0.25) is 0 Å². The second-order valence-electron chi connectivity index (χ2n) is 6.25. The first kappa shape index (κ1) is 18.9. The minimum Gasteiger partial charge on any atom is -0.497 e. The number of aliphatic hydroxyl groups is 1. The molecule has 1 heterocycles. The highest BCUT2D eigenvalue weighted by Gasteiger charge is 2.53. The number of amides is 1. The molecule has 0 fully saturated rings. The first-order chi connectivity index (χ1) is 12.6. The van der Waals surface area contributed by atoms with Crippen LogP contribution in [0.3, 0.4) is 0 Å². The number of carbonyl (C=O) groups excluding carboxylic acids is 1. The molecule has 1 aliphatic rings. The molecule has 2 aromatic carbocycles. The normalized spacial score (nSPS) is 19.8. The fourth-order valence-corrected chi connectivity index (χ4v) is 2.90. The summed E-state index contributed by atoms with van der Waals surface area (Å²) in [7, 11) is 1.44. The van der Waals surface area contributed by atoms with Gasteiger partial charge in [-0.1, -0.05) is 29.8 Å². The molecular formula is C19H17F3N2O3. The van der Waals surface area contributed by atoms with Crippen molar-refractivity contribution < 1.29 is 27.8 Å². The predicted octanol–water partition coefficient (Wildman–Crippen LogP) is 3.61. The summed E-state index contributed by atoms with van der Waals surface area (Å²) in [5, 5.41) is 15.0. The van der Waals surface area contributed by atoms with Crippen LogP contribution >= 0.6 is 0 Å². The van der Waals surface area contributed by atoms with E-state index in [2.05, 4.69) is 5.10 Å². The van der Waals surface area contributed by atoms with Gasteiger partial charge < -0.3 is 9.84 Å². The molecule has 0 saturated heterocycles. The Bertz CT molecular complexity index is 894. The second kappa shape index (κ2) is 6.70. The van der Waals surface area contributed by atoms with Crippen LogP contribution in [0.15, 0.2) is 53.6 Å². The number of aryl methyl sites for hydroxylation is 1. The molecule has 1 aliphatic heterocycles. The highest BCUT2D eigenvalue weighted by atomic mass is 19.4. The van der Waals surface area contributed by atoms with E-state index in [1.807, 2.05) is 0 Å². The van der Waals surface area contributed by atoms with Crippen LogP contribution in [-0.2, 0) is 5.72 Å². The molecule has 0 spiro atoms. The van der Waals surface area contributed by atoms with Crippen LogP contribution in [0.1, 0.15) is 27.9 Å². The number of methoxy groups -OCH3 is 1. The van der Waals surface area contributed by atoms with Crippen LogP contribution in [-0.4, -0.2) is 35.0 Å². The number of halogens is 3. The van der Waals surface area contributed by atoms with Crippen molar-refractivity contribution in [1.82, 2.24) is 5.01 Å². The summed E-state index contributed by atoms with van der Waals surface area (Å²) in [5.74, 6) is -0.356. The minimum absolute atomic E-state index is 0.104. The first-order valence-electron chi connectivity index (χ1n) is 8.08. The van der Waals surface area contributed by atoms with E-state index in [1.165, 1.54) is 43.5 Å². The van der Waals surface area contributed by atoms with Gasteiger partial charge in [0.1, 0.15) is 11.5 Å². The Morgan fingerprint density at radius 2 is 1.89 bits per heavy atom. The number of nitrogens with zero attached hydrogens (tertiary/aromatic N) is 2. The Labute approximate surface area is 153 Å². The maximum atomic E-state index is 13.2. The van der Waals surface area contributed by atoms with Crippen molar-refractivity contribution in [2.75, 3.05) is 7.11 Å². The van der Waals surface area contributed by atoms with Crippen molar-refractivity contribution in [2.45, 2.75) is 25.2 Å². The Morgan fingerprint density at radius 3 is 2.44 bits per heavy atom. The molecule has 8 heteroatoms. The Kier molecular flexibility index (Phi) is 4.69. The number of hydrogen-bond acceptors (Lipinski definition) is 4. The number of carbonyl (C=O) groups is 1. The van der Waals surface area contributed by atoms with Crippen LogP contribution < -0.4 is 4.74 Å². The van der Waals surface area contributed by atoms with Gasteiger partial charge in [-0.15, -0.1) is 0 Å². The molecule has 142 valence electrons. The van der Waals surface area contributed by atoms with E-state index in [1.54, 1.807) is 19.1 Å². The summed E-state index contributed by atoms with van der Waals surface area (Å²) in [6, 6.07) is 12.2. The smallest absolute Gasteiger partial charge is 0.431 e. The molecule has 0 bridgehead atoms. The molecule has 2 aromatic rings. The van der Waals surface area contributed by atoms with E-state index in [4.69, 9.17) is 4.74 Å². The van der Waals surface area contributed by atoms with Crippen molar-refractivity contribution in [3.8, 4) is 5.75 Å². The van der Waals surface area contributed by atoms with E-state index in [-0.39, 0.29) is 11.1 Å². The average molecular weight is 378 g/mol. The molecule has 1 amide bonds. The molecule has 0 aliphatic carbocycles. The largest absolute Gasteiger partial charge is 0.497 e. The maximum absolute atomic E-state index is 13.2. The number of hydrazone groups is 1. The number of ether oxygens (including phenoxy) is 1. The van der Waals surface area contributed by atoms with Crippen molar-refractivity contribution in [2.24, 2.45) is 5.10 Å². The first-order valence-corrected chi connectivity index (χ1v) is 8.08. The van der Waals surface area contributed by atoms with Gasteiger partial charge in [-0.25, -0.2) is 0 Å². The standard InChI is InChI=1S/C19H17F3N2O3/c1-12-4-3-5-13(10-12)17(25)24-18(26,11-16(23-24)19(20,21)22)14-6-8-15(27-2)9-7-14/h3-10,26H,11H2,1-2H3/t18-/m1/s1. The monoisotopic (exact) mass is 378 g/mol. The molecule has 0 saturated carbocycles. The Balaban J connectivity index is 2.06. The van der Waals surface area contributed by atoms with Gasteiger partial charge in [-0.3, -0.25) is 4.79 Å². The lowest BCUT2D eigenvalue weighted by atomic mass is 9.96. The van der Waals surface area contributed by atoms with Crippen molar-refractivity contribution in [3.05, 3.63) is 65.2 Å². The third kappa shape index (κ3) is 3.52. The molecule has 5 nitrogen and oxygen atoms in total. The van der Waals surface area contributed by atoms with Gasteiger partial charge in [0.15, 0.2) is 5.72 Å². The number of hydrogen-bond donors (Lipinski definition) is 1. The lowest BCUT2D eigenvalue weighted by Crippen LogP contribution is -2.43. The van der Waals surface area contributed by atoms with E-state index in [0.717, 1.165) is 5.56 Å². The summed E-state index contributed by atoms with van der Waals surface area (Å²) in [4.78, 5) is 12.9. The van der Waals surface area contributed by atoms with E-state index in [9.17, 15) is 23.1 Å². The van der Waals surface area contributed by atoms with Gasteiger partial charge in [0.25, 0.3) is 5.91 Å². The fraction of sp³-hybridized carbons (Fsp3) is 0.263. The zero-order valence-corrected chi connectivity index (χ0v) is 14.6. The summed E-state index contributed by atoms with van der Waals surface area (Å²) in [6.07, 6.45) is -5.62. The molecule has 0 radical (unpaired) electrons. The zero-order valence-electron chi connectivity index (χ0n) is 14.6. The Hall–Kier alpha value is -2.87. The highest BCUT2D eigenvalue weighted by molar-refractivity contribution is 6.00. The molecule has 1 N–H and O–H groups in total. The summed E-state index contributed by atoms with van der Waals surface area (Å²) in [5.41, 5.74) is -2.48. The molecule has 1 atom stereocenters.